The van der Waals surface area contributed by atoms with Crippen molar-refractivity contribution in [2.45, 2.75) is 0 Å². The van der Waals surface area contributed by atoms with E-state index >= 15 is 0 Å². The van der Waals surface area contributed by atoms with Crippen LogP contribution < -0.4 is 0 Å². The van der Waals surface area contributed by atoms with Gasteiger partial charge in [-0.2, -0.15) is 0 Å². The van der Waals surface area contributed by atoms with E-state index in [1.54, 1.807) is 30.3 Å². The molecule has 0 amide bonds. The SMILES string of the molecule is Oc1ccc2cc(Cl)ccc2c1-c1c(O)cc(Br)c2cc(Cl)ccc12. The second kappa shape index (κ2) is 6.10. The normalized spacial score (nSPS) is 11.3. The van der Waals surface area contributed by atoms with E-state index in [-0.39, 0.29) is 11.5 Å². The minimum atomic E-state index is 0.0689. The zero-order valence-electron chi connectivity index (χ0n) is 12.7. The number of hydrogen-bond acceptors (Lipinski definition) is 2. The van der Waals surface area contributed by atoms with Gasteiger partial charge in [-0.25, -0.2) is 0 Å². The zero-order valence-corrected chi connectivity index (χ0v) is 15.8. The highest BCUT2D eigenvalue weighted by Crippen LogP contribution is 2.47. The van der Waals surface area contributed by atoms with Crippen molar-refractivity contribution in [3.8, 4) is 22.6 Å². The summed E-state index contributed by atoms with van der Waals surface area (Å²) in [6.45, 7) is 0. The molecule has 0 unspecified atom stereocenters. The molecule has 0 spiro atoms. The zero-order chi connectivity index (χ0) is 17.7. The summed E-state index contributed by atoms with van der Waals surface area (Å²) < 4.78 is 0.731. The monoisotopic (exact) mass is 432 g/mol. The quantitative estimate of drug-likeness (QED) is 0.334. The van der Waals surface area contributed by atoms with Crippen molar-refractivity contribution in [2.24, 2.45) is 0 Å². The molecular formula is C20H11BrCl2O2. The Morgan fingerprint density at radius 3 is 2.04 bits per heavy atom. The molecule has 0 radical (unpaired) electrons. The number of phenols is 2. The molecule has 0 aliphatic rings. The summed E-state index contributed by atoms with van der Waals surface area (Å²) in [5.74, 6) is 0.156. The van der Waals surface area contributed by atoms with Gasteiger partial charge in [0, 0.05) is 25.6 Å². The Kier molecular flexibility index (Phi) is 4.03. The molecule has 0 atom stereocenters. The number of phenolic OH excluding ortho intramolecular Hbond substituents is 2. The summed E-state index contributed by atoms with van der Waals surface area (Å²) in [6, 6.07) is 15.9. The number of benzene rings is 4. The topological polar surface area (TPSA) is 40.5 Å². The van der Waals surface area contributed by atoms with E-state index in [1.807, 2.05) is 24.3 Å². The first-order valence-corrected chi connectivity index (χ1v) is 9.03. The second-order valence-electron chi connectivity index (χ2n) is 5.77. The van der Waals surface area contributed by atoms with Crippen LogP contribution in [0.1, 0.15) is 0 Å². The predicted octanol–water partition coefficient (Wildman–Crippen LogP) is 7.14. The summed E-state index contributed by atoms with van der Waals surface area (Å²) in [4.78, 5) is 0. The molecule has 2 N–H and O–H groups in total. The molecule has 0 aliphatic carbocycles. The van der Waals surface area contributed by atoms with Crippen LogP contribution in [-0.2, 0) is 0 Å². The van der Waals surface area contributed by atoms with E-state index in [4.69, 9.17) is 23.2 Å². The lowest BCUT2D eigenvalue weighted by Crippen LogP contribution is -1.88. The van der Waals surface area contributed by atoms with Gasteiger partial charge in [-0.15, -0.1) is 0 Å². The molecular weight excluding hydrogens is 423 g/mol. The number of hydrogen-bond donors (Lipinski definition) is 2. The molecule has 4 rings (SSSR count). The summed E-state index contributed by atoms with van der Waals surface area (Å²) in [7, 11) is 0. The third kappa shape index (κ3) is 2.73. The van der Waals surface area contributed by atoms with Gasteiger partial charge in [0.1, 0.15) is 11.5 Å². The molecule has 25 heavy (non-hydrogen) atoms. The highest BCUT2D eigenvalue weighted by molar-refractivity contribution is 9.10. The van der Waals surface area contributed by atoms with E-state index < -0.39 is 0 Å². The Morgan fingerprint density at radius 2 is 1.28 bits per heavy atom. The molecule has 0 aromatic heterocycles. The van der Waals surface area contributed by atoms with Gasteiger partial charge >= 0.3 is 0 Å². The minimum Gasteiger partial charge on any atom is -0.507 e. The summed E-state index contributed by atoms with van der Waals surface area (Å²) in [5.41, 5.74) is 1.12. The van der Waals surface area contributed by atoms with Crippen molar-refractivity contribution in [1.29, 1.82) is 0 Å². The maximum Gasteiger partial charge on any atom is 0.125 e. The van der Waals surface area contributed by atoms with Gasteiger partial charge < -0.3 is 10.2 Å². The number of aromatic hydroxyl groups is 2. The Balaban J connectivity index is 2.19. The summed E-state index contributed by atoms with van der Waals surface area (Å²) >= 11 is 15.7. The van der Waals surface area contributed by atoms with Crippen molar-refractivity contribution in [3.05, 3.63) is 69.1 Å². The fourth-order valence-corrected chi connectivity index (χ4v) is 4.05. The molecule has 0 aliphatic heterocycles. The molecule has 0 heterocycles. The third-order valence-electron chi connectivity index (χ3n) is 4.24. The molecule has 0 saturated carbocycles. The van der Waals surface area contributed by atoms with Crippen LogP contribution >= 0.6 is 39.1 Å². The van der Waals surface area contributed by atoms with E-state index in [1.165, 1.54) is 0 Å². The molecule has 124 valence electrons. The van der Waals surface area contributed by atoms with Gasteiger partial charge in [0.05, 0.1) is 0 Å². The Hall–Kier alpha value is -1.94. The lowest BCUT2D eigenvalue weighted by atomic mass is 9.92. The molecule has 4 aromatic rings. The Labute approximate surface area is 162 Å². The van der Waals surface area contributed by atoms with Gasteiger partial charge in [-0.1, -0.05) is 57.3 Å². The van der Waals surface area contributed by atoms with Crippen LogP contribution in [0.5, 0.6) is 11.5 Å². The van der Waals surface area contributed by atoms with E-state index in [0.717, 1.165) is 26.0 Å². The lowest BCUT2D eigenvalue weighted by Gasteiger charge is -2.15. The maximum atomic E-state index is 10.7. The average Bonchev–Trinajstić information content (AvgIpc) is 2.57. The van der Waals surface area contributed by atoms with Crippen molar-refractivity contribution in [1.82, 2.24) is 0 Å². The van der Waals surface area contributed by atoms with Crippen LogP contribution in [0.4, 0.5) is 0 Å². The highest BCUT2D eigenvalue weighted by atomic mass is 79.9. The molecule has 2 nitrogen and oxygen atoms in total. The fraction of sp³-hybridized carbons (Fsp3) is 0. The molecule has 0 fully saturated rings. The Morgan fingerprint density at radius 1 is 0.640 bits per heavy atom. The van der Waals surface area contributed by atoms with E-state index in [2.05, 4.69) is 15.9 Å². The van der Waals surface area contributed by atoms with Gasteiger partial charge in [-0.05, 0) is 57.9 Å². The average molecular weight is 434 g/mol. The fourth-order valence-electron chi connectivity index (χ4n) is 3.15. The molecule has 0 saturated heterocycles. The standard InChI is InChI=1S/C20H11BrCl2O2/c21-16-9-18(25)20(14-5-3-12(23)8-15(14)16)19-13-4-2-11(22)7-10(13)1-6-17(19)24/h1-9,24-25H. The largest absolute Gasteiger partial charge is 0.507 e. The van der Waals surface area contributed by atoms with Crippen LogP contribution in [0, 0.1) is 0 Å². The van der Waals surface area contributed by atoms with Crippen molar-refractivity contribution in [3.63, 3.8) is 0 Å². The molecule has 5 heteroatoms. The van der Waals surface area contributed by atoms with Gasteiger partial charge in [0.2, 0.25) is 0 Å². The lowest BCUT2D eigenvalue weighted by molar-refractivity contribution is 0.470. The minimum absolute atomic E-state index is 0.0689. The van der Waals surface area contributed by atoms with Crippen LogP contribution in [0.3, 0.4) is 0 Å². The first kappa shape index (κ1) is 16.5. The maximum absolute atomic E-state index is 10.7. The Bertz CT molecular complexity index is 1160. The van der Waals surface area contributed by atoms with Crippen molar-refractivity contribution in [2.75, 3.05) is 0 Å². The van der Waals surface area contributed by atoms with Crippen LogP contribution in [0.15, 0.2) is 59.1 Å². The van der Waals surface area contributed by atoms with Crippen LogP contribution in [0.25, 0.3) is 32.7 Å². The van der Waals surface area contributed by atoms with Gasteiger partial charge in [-0.3, -0.25) is 0 Å². The van der Waals surface area contributed by atoms with E-state index in [9.17, 15) is 10.2 Å². The van der Waals surface area contributed by atoms with Gasteiger partial charge in [0.15, 0.2) is 0 Å². The number of halogens is 3. The second-order valence-corrected chi connectivity index (χ2v) is 7.49. The highest BCUT2D eigenvalue weighted by Gasteiger charge is 2.18. The third-order valence-corrected chi connectivity index (χ3v) is 5.36. The first-order valence-electron chi connectivity index (χ1n) is 7.48. The smallest absolute Gasteiger partial charge is 0.125 e. The summed E-state index contributed by atoms with van der Waals surface area (Å²) in [6.07, 6.45) is 0. The predicted molar refractivity (Wildman–Crippen MR) is 108 cm³/mol. The van der Waals surface area contributed by atoms with Crippen molar-refractivity contribution < 1.29 is 10.2 Å². The molecule has 0 bridgehead atoms. The van der Waals surface area contributed by atoms with Crippen molar-refractivity contribution >= 4 is 60.7 Å². The van der Waals surface area contributed by atoms with Gasteiger partial charge in [0.25, 0.3) is 0 Å². The van der Waals surface area contributed by atoms with Crippen LogP contribution in [0.2, 0.25) is 10.0 Å². The molecule has 4 aromatic carbocycles. The van der Waals surface area contributed by atoms with E-state index in [0.29, 0.717) is 21.2 Å². The number of fused-ring (bicyclic) bond motifs is 2. The summed E-state index contributed by atoms with van der Waals surface area (Å²) in [5, 5.41) is 25.7. The number of rotatable bonds is 1. The van der Waals surface area contributed by atoms with Crippen LogP contribution in [-0.4, -0.2) is 10.2 Å². The first-order chi connectivity index (χ1) is 12.0.